The minimum atomic E-state index is -1.69. The third-order valence-corrected chi connectivity index (χ3v) is 8.94. The fraction of sp³-hybridized carbons (Fsp3) is 0.562. The fourth-order valence-electron chi connectivity index (χ4n) is 6.85. The first-order valence-corrected chi connectivity index (χ1v) is 14.8. The summed E-state index contributed by atoms with van der Waals surface area (Å²) >= 11 is 0. The van der Waals surface area contributed by atoms with Gasteiger partial charge in [-0.25, -0.2) is 13.6 Å². The molecule has 2 aromatic rings. The number of hydrogen-bond acceptors (Lipinski definition) is 4. The number of aliphatic hydroxyl groups is 1. The van der Waals surface area contributed by atoms with E-state index in [0.29, 0.717) is 30.9 Å². The molecule has 0 radical (unpaired) electrons. The van der Waals surface area contributed by atoms with E-state index < -0.39 is 29.2 Å². The molecule has 2 fully saturated rings. The van der Waals surface area contributed by atoms with Gasteiger partial charge in [0.05, 0.1) is 5.60 Å². The lowest BCUT2D eigenvalue weighted by molar-refractivity contribution is -0.142. The number of carbonyl (C=O) groups excluding carboxylic acids is 1. The molecule has 2 unspecified atom stereocenters. The summed E-state index contributed by atoms with van der Waals surface area (Å²) in [6.07, 6.45) is 4.07. The summed E-state index contributed by atoms with van der Waals surface area (Å²) in [6, 6.07) is 9.24. The van der Waals surface area contributed by atoms with Gasteiger partial charge in [0.1, 0.15) is 11.6 Å². The van der Waals surface area contributed by atoms with E-state index in [-0.39, 0.29) is 48.9 Å². The molecule has 0 aromatic heterocycles. The molecule has 1 saturated heterocycles. The second-order valence-electron chi connectivity index (χ2n) is 11.8. The maximum atomic E-state index is 15.5. The van der Waals surface area contributed by atoms with Gasteiger partial charge in [-0.2, -0.15) is 0 Å². The van der Waals surface area contributed by atoms with Crippen LogP contribution in [0, 0.1) is 36.3 Å². The first-order chi connectivity index (χ1) is 19.6. The first kappa shape index (κ1) is 30.9. The number of piperidine rings is 1. The predicted octanol–water partition coefficient (Wildman–Crippen LogP) is 5.44. The van der Waals surface area contributed by atoms with E-state index in [1.54, 1.807) is 18.2 Å². The van der Waals surface area contributed by atoms with Crippen molar-refractivity contribution in [1.29, 1.82) is 0 Å². The molecule has 2 aliphatic rings. The summed E-state index contributed by atoms with van der Waals surface area (Å²) in [6.45, 7) is 3.78. The highest BCUT2D eigenvalue weighted by atomic mass is 19.1. The van der Waals surface area contributed by atoms with Crippen molar-refractivity contribution in [3.8, 4) is 11.1 Å². The van der Waals surface area contributed by atoms with Crippen LogP contribution in [-0.2, 0) is 10.4 Å². The van der Waals surface area contributed by atoms with Crippen LogP contribution >= 0.6 is 0 Å². The Bertz CT molecular complexity index is 1220. The van der Waals surface area contributed by atoms with Crippen LogP contribution < -0.4 is 10.6 Å². The Balaban J connectivity index is 1.66. The van der Waals surface area contributed by atoms with Crippen LogP contribution in [0.2, 0.25) is 0 Å². The van der Waals surface area contributed by atoms with Gasteiger partial charge in [-0.3, -0.25) is 4.79 Å². The van der Waals surface area contributed by atoms with Crippen LogP contribution in [0.25, 0.3) is 11.1 Å². The Hall–Kier alpha value is -3.04. The highest BCUT2D eigenvalue weighted by Crippen LogP contribution is 2.45. The van der Waals surface area contributed by atoms with Crippen LogP contribution in [0.15, 0.2) is 36.4 Å². The summed E-state index contributed by atoms with van der Waals surface area (Å²) in [4.78, 5) is 26.5. The second kappa shape index (κ2) is 13.7. The van der Waals surface area contributed by atoms with Gasteiger partial charge in [-0.1, -0.05) is 29.8 Å². The van der Waals surface area contributed by atoms with Crippen LogP contribution in [0.1, 0.15) is 62.5 Å². The molecule has 9 heteroatoms. The minimum Gasteiger partial charge on any atom is -0.465 e. The van der Waals surface area contributed by atoms with E-state index in [9.17, 15) is 19.1 Å². The van der Waals surface area contributed by atoms with Crippen molar-refractivity contribution in [3.63, 3.8) is 0 Å². The number of halogens is 2. The van der Waals surface area contributed by atoms with Gasteiger partial charge in [-0.05, 0) is 95.0 Å². The smallest absolute Gasteiger partial charge is 0.404 e. The Morgan fingerprint density at radius 2 is 1.85 bits per heavy atom. The van der Waals surface area contributed by atoms with Gasteiger partial charge in [0.2, 0.25) is 5.91 Å². The molecule has 1 aliphatic carbocycles. The number of benzene rings is 2. The van der Waals surface area contributed by atoms with E-state index in [2.05, 4.69) is 10.6 Å². The maximum Gasteiger partial charge on any atom is 0.404 e. The third kappa shape index (κ3) is 7.43. The molecule has 1 aliphatic heterocycles. The summed E-state index contributed by atoms with van der Waals surface area (Å²) in [5.74, 6) is -1.42. The van der Waals surface area contributed by atoms with Gasteiger partial charge < -0.3 is 25.7 Å². The largest absolute Gasteiger partial charge is 0.465 e. The first-order valence-electron chi connectivity index (χ1n) is 14.8. The molecular formula is C32H43F2N3O4. The normalized spacial score (nSPS) is 22.7. The van der Waals surface area contributed by atoms with Crippen LogP contribution in [0.3, 0.4) is 0 Å². The Morgan fingerprint density at radius 3 is 2.54 bits per heavy atom. The van der Waals surface area contributed by atoms with E-state index in [0.717, 1.165) is 43.9 Å². The van der Waals surface area contributed by atoms with Gasteiger partial charge in [0, 0.05) is 43.1 Å². The molecule has 1 saturated carbocycles. The van der Waals surface area contributed by atoms with Crippen molar-refractivity contribution in [1.82, 2.24) is 15.5 Å². The number of rotatable bonds is 10. The van der Waals surface area contributed by atoms with Crippen molar-refractivity contribution in [2.45, 2.75) is 63.9 Å². The number of aryl methyl sites for hydroxylation is 1. The fourth-order valence-corrected chi connectivity index (χ4v) is 6.85. The van der Waals surface area contributed by atoms with E-state index >= 15 is 4.39 Å². The zero-order chi connectivity index (χ0) is 29.6. The van der Waals surface area contributed by atoms with Gasteiger partial charge in [0.25, 0.3) is 0 Å². The van der Waals surface area contributed by atoms with Gasteiger partial charge in [0.15, 0.2) is 0 Å². The molecule has 41 heavy (non-hydrogen) atoms. The molecule has 0 bridgehead atoms. The molecule has 4 N–H and O–H groups in total. The van der Waals surface area contributed by atoms with Gasteiger partial charge in [-0.15, -0.1) is 0 Å². The number of amides is 2. The van der Waals surface area contributed by atoms with Crippen molar-refractivity contribution < 1.29 is 28.6 Å². The second-order valence-corrected chi connectivity index (χ2v) is 11.8. The predicted molar refractivity (Wildman–Crippen MR) is 154 cm³/mol. The van der Waals surface area contributed by atoms with Crippen LogP contribution in [0.5, 0.6) is 0 Å². The highest BCUT2D eigenvalue weighted by molar-refractivity contribution is 5.79. The zero-order valence-corrected chi connectivity index (χ0v) is 24.1. The Kier molecular flexibility index (Phi) is 10.4. The number of nitrogens with one attached hydrogen (secondary N) is 2. The summed E-state index contributed by atoms with van der Waals surface area (Å²) in [7, 11) is 1.94. The lowest BCUT2D eigenvalue weighted by Crippen LogP contribution is -2.50. The monoisotopic (exact) mass is 571 g/mol. The van der Waals surface area contributed by atoms with E-state index in [1.165, 1.54) is 6.07 Å². The molecule has 224 valence electrons. The van der Waals surface area contributed by atoms with Crippen molar-refractivity contribution >= 4 is 12.0 Å². The molecule has 0 spiro atoms. The lowest BCUT2D eigenvalue weighted by Gasteiger charge is -2.44. The maximum absolute atomic E-state index is 15.5. The molecule has 7 nitrogen and oxygen atoms in total. The molecule has 1 heterocycles. The quantitative estimate of drug-likeness (QED) is 0.285. The average Bonchev–Trinajstić information content (AvgIpc) is 2.95. The van der Waals surface area contributed by atoms with Crippen LogP contribution in [-0.4, -0.2) is 60.3 Å². The summed E-state index contributed by atoms with van der Waals surface area (Å²) in [5, 5.41) is 27.1. The number of carboxylic acid groups (broad SMARTS) is 1. The number of carbonyl (C=O) groups is 2. The number of likely N-dealkylation sites (tertiary alicyclic amines) is 1. The summed E-state index contributed by atoms with van der Waals surface area (Å²) in [5.41, 5.74) is 0.0100. The molecule has 2 atom stereocenters. The SMILES string of the molecule is CNCC1CCC(C(=O)N2CCCC(C(O)(CCCNC(=O)O)c3cc(F)cc(F)c3-c3cccc(C)c3)C2)CC1. The van der Waals surface area contributed by atoms with Crippen LogP contribution in [0.4, 0.5) is 13.6 Å². The molecular weight excluding hydrogens is 528 g/mol. The molecule has 4 rings (SSSR count). The highest BCUT2D eigenvalue weighted by Gasteiger charge is 2.44. The standard InChI is InChI=1S/C32H43F2N3O4/c1-21-6-3-7-24(16-21)29-27(17-26(33)18-28(29)34)32(41,13-5-14-36-31(39)40)25-8-4-15-37(20-25)30(38)23-11-9-22(10-12-23)19-35-2/h3,6-7,16-18,22-23,25,35-36,41H,4-5,8-15,19-20H2,1-2H3,(H,39,40). The minimum absolute atomic E-state index is 0.0517. The lowest BCUT2D eigenvalue weighted by atomic mass is 9.71. The number of nitrogens with zero attached hydrogens (tertiary/aromatic N) is 1. The Morgan fingerprint density at radius 1 is 1.10 bits per heavy atom. The van der Waals surface area contributed by atoms with Crippen molar-refractivity contribution in [3.05, 3.63) is 59.2 Å². The van der Waals surface area contributed by atoms with Gasteiger partial charge >= 0.3 is 6.09 Å². The molecule has 2 amide bonds. The van der Waals surface area contributed by atoms with E-state index in [4.69, 9.17) is 5.11 Å². The van der Waals surface area contributed by atoms with Crippen molar-refractivity contribution in [2.75, 3.05) is 33.2 Å². The van der Waals surface area contributed by atoms with Crippen molar-refractivity contribution in [2.24, 2.45) is 17.8 Å². The molecule has 2 aromatic carbocycles. The Labute approximate surface area is 241 Å². The third-order valence-electron chi connectivity index (χ3n) is 8.94. The summed E-state index contributed by atoms with van der Waals surface area (Å²) < 4.78 is 30.4. The topological polar surface area (TPSA) is 102 Å². The number of hydrogen-bond donors (Lipinski definition) is 4. The van der Waals surface area contributed by atoms with E-state index in [1.807, 2.05) is 24.9 Å². The zero-order valence-electron chi connectivity index (χ0n) is 24.1. The average molecular weight is 572 g/mol.